The molecule has 2 heterocycles. The van der Waals surface area contributed by atoms with Crippen molar-refractivity contribution in [3.63, 3.8) is 0 Å². The summed E-state index contributed by atoms with van der Waals surface area (Å²) in [5, 5.41) is 6.39. The van der Waals surface area contributed by atoms with Crippen LogP contribution in [0.5, 0.6) is 0 Å². The van der Waals surface area contributed by atoms with Crippen LogP contribution in [0.1, 0.15) is 26.7 Å². The SMILES string of the molecule is CCN1CCC(NC(=O)[C@H]2NCCO[C@@H]2C)CC1.Cl.Cl. The molecule has 2 saturated heterocycles. The van der Waals surface area contributed by atoms with Crippen molar-refractivity contribution in [1.29, 1.82) is 0 Å². The largest absolute Gasteiger partial charge is 0.375 e. The molecule has 2 N–H and O–H groups in total. The lowest BCUT2D eigenvalue weighted by molar-refractivity contribution is -0.129. The lowest BCUT2D eigenvalue weighted by Gasteiger charge is -2.34. The number of nitrogens with one attached hydrogen (secondary N) is 2. The van der Waals surface area contributed by atoms with E-state index < -0.39 is 0 Å². The van der Waals surface area contributed by atoms with E-state index in [0.717, 1.165) is 39.0 Å². The van der Waals surface area contributed by atoms with Gasteiger partial charge in [-0.3, -0.25) is 4.79 Å². The van der Waals surface area contributed by atoms with Crippen LogP contribution in [-0.4, -0.2) is 61.8 Å². The van der Waals surface area contributed by atoms with Crippen LogP contribution in [0.3, 0.4) is 0 Å². The highest BCUT2D eigenvalue weighted by atomic mass is 35.5. The van der Waals surface area contributed by atoms with E-state index in [4.69, 9.17) is 4.74 Å². The minimum absolute atomic E-state index is 0. The number of morpholine rings is 1. The number of piperidine rings is 1. The average molecular weight is 328 g/mol. The third kappa shape index (κ3) is 5.37. The van der Waals surface area contributed by atoms with Gasteiger partial charge in [-0.05, 0) is 26.3 Å². The standard InChI is InChI=1S/C13H25N3O2.2ClH/c1-3-16-7-4-11(5-8-16)15-13(17)12-10(2)18-9-6-14-12;;/h10-12,14H,3-9H2,1-2H3,(H,15,17);2*1H/t10-,12+;;/m1../s1. The number of nitrogens with zero attached hydrogens (tertiary/aromatic N) is 1. The molecule has 2 rings (SSSR count). The molecule has 0 aromatic carbocycles. The first-order valence-corrected chi connectivity index (χ1v) is 7.08. The molecule has 0 bridgehead atoms. The second kappa shape index (κ2) is 9.79. The lowest BCUT2D eigenvalue weighted by Crippen LogP contribution is -2.58. The third-order valence-electron chi connectivity index (χ3n) is 3.98. The summed E-state index contributed by atoms with van der Waals surface area (Å²) in [4.78, 5) is 14.6. The molecule has 2 aliphatic rings. The number of carbonyl (C=O) groups excluding carboxylic acids is 1. The minimum atomic E-state index is -0.192. The van der Waals surface area contributed by atoms with Crippen molar-refractivity contribution in [2.24, 2.45) is 0 Å². The summed E-state index contributed by atoms with van der Waals surface area (Å²) in [7, 11) is 0. The maximum atomic E-state index is 12.2. The van der Waals surface area contributed by atoms with Gasteiger partial charge in [-0.2, -0.15) is 0 Å². The highest BCUT2D eigenvalue weighted by molar-refractivity contribution is 5.85. The van der Waals surface area contributed by atoms with E-state index in [9.17, 15) is 4.79 Å². The topological polar surface area (TPSA) is 53.6 Å². The Hall–Kier alpha value is -0.0700. The molecule has 1 amide bonds. The van der Waals surface area contributed by atoms with Crippen LogP contribution < -0.4 is 10.6 Å². The predicted octanol–water partition coefficient (Wildman–Crippen LogP) is 0.807. The fraction of sp³-hybridized carbons (Fsp3) is 0.923. The van der Waals surface area contributed by atoms with Gasteiger partial charge in [0.1, 0.15) is 6.04 Å². The second-order valence-corrected chi connectivity index (χ2v) is 5.22. The first-order valence-electron chi connectivity index (χ1n) is 7.08. The smallest absolute Gasteiger partial charge is 0.240 e. The van der Waals surface area contributed by atoms with E-state index in [0.29, 0.717) is 12.6 Å². The van der Waals surface area contributed by atoms with Gasteiger partial charge in [-0.15, -0.1) is 24.8 Å². The fourth-order valence-electron chi connectivity index (χ4n) is 2.71. The molecule has 2 atom stereocenters. The molecule has 2 aliphatic heterocycles. The Morgan fingerprint density at radius 1 is 1.35 bits per heavy atom. The molecular formula is C13H27Cl2N3O2. The van der Waals surface area contributed by atoms with E-state index in [1.165, 1.54) is 0 Å². The predicted molar refractivity (Wildman–Crippen MR) is 85.0 cm³/mol. The maximum Gasteiger partial charge on any atom is 0.240 e. The Balaban J connectivity index is 0.00000180. The van der Waals surface area contributed by atoms with Gasteiger partial charge >= 0.3 is 0 Å². The van der Waals surface area contributed by atoms with Gasteiger partial charge in [0.25, 0.3) is 0 Å². The number of halogens is 2. The van der Waals surface area contributed by atoms with Gasteiger partial charge in [0.15, 0.2) is 0 Å². The van der Waals surface area contributed by atoms with Crippen LogP contribution in [0.15, 0.2) is 0 Å². The van der Waals surface area contributed by atoms with Gasteiger partial charge in [-0.25, -0.2) is 0 Å². The summed E-state index contributed by atoms with van der Waals surface area (Å²) in [5.41, 5.74) is 0. The first-order chi connectivity index (χ1) is 8.70. The number of likely N-dealkylation sites (tertiary alicyclic amines) is 1. The molecule has 7 heteroatoms. The van der Waals surface area contributed by atoms with Crippen LogP contribution in [0, 0.1) is 0 Å². The summed E-state index contributed by atoms with van der Waals surface area (Å²) in [6.45, 7) is 8.88. The van der Waals surface area contributed by atoms with Crippen LogP contribution in [0.25, 0.3) is 0 Å². The zero-order valence-corrected chi connectivity index (χ0v) is 13.9. The number of hydrogen-bond donors (Lipinski definition) is 2. The zero-order chi connectivity index (χ0) is 13.0. The van der Waals surface area contributed by atoms with Crippen LogP contribution in [0.4, 0.5) is 0 Å². The van der Waals surface area contributed by atoms with Crippen molar-refractivity contribution in [3.8, 4) is 0 Å². The summed E-state index contributed by atoms with van der Waals surface area (Å²) in [5.74, 6) is 0.0946. The van der Waals surface area contributed by atoms with Crippen molar-refractivity contribution in [3.05, 3.63) is 0 Å². The Kier molecular flexibility index (Phi) is 9.76. The third-order valence-corrected chi connectivity index (χ3v) is 3.98. The Bertz CT molecular complexity index is 287. The molecule has 0 unspecified atom stereocenters. The molecule has 5 nitrogen and oxygen atoms in total. The number of ether oxygens (including phenoxy) is 1. The molecule has 0 aliphatic carbocycles. The van der Waals surface area contributed by atoms with Crippen molar-refractivity contribution >= 4 is 30.7 Å². The van der Waals surface area contributed by atoms with Crippen molar-refractivity contribution in [2.45, 2.75) is 44.9 Å². The highest BCUT2D eigenvalue weighted by Crippen LogP contribution is 2.11. The van der Waals surface area contributed by atoms with E-state index in [1.54, 1.807) is 0 Å². The van der Waals surface area contributed by atoms with Crippen LogP contribution in [0.2, 0.25) is 0 Å². The quantitative estimate of drug-likeness (QED) is 0.805. The Morgan fingerprint density at radius 3 is 2.55 bits per heavy atom. The molecule has 120 valence electrons. The van der Waals surface area contributed by atoms with Crippen molar-refractivity contribution in [1.82, 2.24) is 15.5 Å². The Morgan fingerprint density at radius 2 is 2.00 bits per heavy atom. The minimum Gasteiger partial charge on any atom is -0.375 e. The number of amides is 1. The van der Waals surface area contributed by atoms with Crippen molar-refractivity contribution < 1.29 is 9.53 Å². The van der Waals surface area contributed by atoms with E-state index in [-0.39, 0.29) is 42.9 Å². The highest BCUT2D eigenvalue weighted by Gasteiger charge is 2.30. The Labute approximate surface area is 134 Å². The molecule has 2 fully saturated rings. The maximum absolute atomic E-state index is 12.2. The molecular weight excluding hydrogens is 301 g/mol. The van der Waals surface area contributed by atoms with Gasteiger partial charge < -0.3 is 20.3 Å². The van der Waals surface area contributed by atoms with Gasteiger partial charge in [0.05, 0.1) is 12.7 Å². The molecule has 0 spiro atoms. The average Bonchev–Trinajstić information content (AvgIpc) is 2.40. The van der Waals surface area contributed by atoms with Crippen molar-refractivity contribution in [2.75, 3.05) is 32.8 Å². The lowest BCUT2D eigenvalue weighted by atomic mass is 10.0. The molecule has 0 radical (unpaired) electrons. The molecule has 0 saturated carbocycles. The second-order valence-electron chi connectivity index (χ2n) is 5.22. The molecule has 0 aromatic rings. The summed E-state index contributed by atoms with van der Waals surface area (Å²) < 4.78 is 5.50. The number of hydrogen-bond acceptors (Lipinski definition) is 4. The fourth-order valence-corrected chi connectivity index (χ4v) is 2.71. The van der Waals surface area contributed by atoms with Gasteiger partial charge in [0.2, 0.25) is 5.91 Å². The summed E-state index contributed by atoms with van der Waals surface area (Å²) in [6.07, 6.45) is 2.08. The summed E-state index contributed by atoms with van der Waals surface area (Å²) in [6, 6.07) is 0.138. The zero-order valence-electron chi connectivity index (χ0n) is 12.3. The van der Waals surface area contributed by atoms with E-state index in [1.807, 2.05) is 6.92 Å². The summed E-state index contributed by atoms with van der Waals surface area (Å²) >= 11 is 0. The number of carbonyl (C=O) groups is 1. The number of rotatable bonds is 3. The molecule has 20 heavy (non-hydrogen) atoms. The van der Waals surface area contributed by atoms with E-state index >= 15 is 0 Å². The van der Waals surface area contributed by atoms with E-state index in [2.05, 4.69) is 22.5 Å². The monoisotopic (exact) mass is 327 g/mol. The normalized spacial score (nSPS) is 28.1. The first kappa shape index (κ1) is 19.9. The van der Waals surface area contributed by atoms with Crippen LogP contribution >= 0.6 is 24.8 Å². The van der Waals surface area contributed by atoms with Gasteiger partial charge in [-0.1, -0.05) is 6.92 Å². The molecule has 0 aromatic heterocycles. The van der Waals surface area contributed by atoms with Gasteiger partial charge in [0, 0.05) is 25.7 Å². The van der Waals surface area contributed by atoms with Crippen LogP contribution in [-0.2, 0) is 9.53 Å².